The van der Waals surface area contributed by atoms with Gasteiger partial charge >= 0.3 is 8.60 Å². The second kappa shape index (κ2) is 22.1. The lowest BCUT2D eigenvalue weighted by atomic mass is 10.0. The standard InChI is InChI=1S/C42H63O3P/c1-34(2)16-10-7-13-19-37-22-28-40(29-23-37)43-46(44-41-30-24-38(25-31-41)20-14-8-11-17-35(3)4)45-42-32-26-39(27-33-42)21-15-9-12-18-36(5)6/h22-36H,7-21H2,1-6H3. The molecular formula is C42H63O3P. The fourth-order valence-electron chi connectivity index (χ4n) is 5.64. The molecule has 3 aromatic rings. The molecule has 0 saturated heterocycles. The van der Waals surface area contributed by atoms with Crippen LogP contribution in [-0.2, 0) is 19.3 Å². The summed E-state index contributed by atoms with van der Waals surface area (Å²) in [5.41, 5.74) is 4.05. The maximum atomic E-state index is 6.35. The van der Waals surface area contributed by atoms with Gasteiger partial charge in [-0.2, -0.15) is 0 Å². The van der Waals surface area contributed by atoms with Gasteiger partial charge in [-0.3, -0.25) is 0 Å². The molecule has 0 amide bonds. The van der Waals surface area contributed by atoms with Crippen LogP contribution < -0.4 is 13.6 Å². The Balaban J connectivity index is 1.58. The van der Waals surface area contributed by atoms with Crippen molar-refractivity contribution in [1.29, 1.82) is 0 Å². The molecule has 0 aliphatic rings. The summed E-state index contributed by atoms with van der Waals surface area (Å²) in [6.07, 6.45) is 18.8. The van der Waals surface area contributed by atoms with Crippen molar-refractivity contribution in [2.45, 2.75) is 138 Å². The predicted octanol–water partition coefficient (Wildman–Crippen LogP) is 13.7. The molecule has 3 aromatic carbocycles. The Bertz CT molecular complexity index is 1020. The molecule has 0 heterocycles. The van der Waals surface area contributed by atoms with Gasteiger partial charge < -0.3 is 13.6 Å². The third kappa shape index (κ3) is 16.9. The van der Waals surface area contributed by atoms with Crippen LogP contribution in [-0.4, -0.2) is 0 Å². The second-order valence-corrected chi connectivity index (χ2v) is 15.4. The molecule has 0 spiro atoms. The highest BCUT2D eigenvalue weighted by Gasteiger charge is 2.20. The van der Waals surface area contributed by atoms with Crippen LogP contribution in [0.4, 0.5) is 0 Å². The maximum absolute atomic E-state index is 6.35. The Labute approximate surface area is 283 Å². The van der Waals surface area contributed by atoms with E-state index in [1.165, 1.54) is 93.7 Å². The first kappa shape index (κ1) is 37.9. The summed E-state index contributed by atoms with van der Waals surface area (Å²) in [7, 11) is -1.69. The van der Waals surface area contributed by atoms with Gasteiger partial charge in [0.25, 0.3) is 0 Å². The van der Waals surface area contributed by atoms with Gasteiger partial charge in [0.2, 0.25) is 0 Å². The van der Waals surface area contributed by atoms with Crippen molar-refractivity contribution in [2.75, 3.05) is 0 Å². The van der Waals surface area contributed by atoms with Gasteiger partial charge in [0.05, 0.1) is 0 Å². The smallest absolute Gasteiger partial charge is 0.409 e. The summed E-state index contributed by atoms with van der Waals surface area (Å²) in [6.45, 7) is 13.8. The van der Waals surface area contributed by atoms with Crippen LogP contribution in [0.2, 0.25) is 0 Å². The van der Waals surface area contributed by atoms with E-state index >= 15 is 0 Å². The van der Waals surface area contributed by atoms with E-state index in [4.69, 9.17) is 13.6 Å². The Morgan fingerprint density at radius 1 is 0.370 bits per heavy atom. The zero-order chi connectivity index (χ0) is 33.0. The highest BCUT2D eigenvalue weighted by atomic mass is 31.2. The van der Waals surface area contributed by atoms with Crippen molar-refractivity contribution in [3.63, 3.8) is 0 Å². The van der Waals surface area contributed by atoms with Crippen LogP contribution in [0.5, 0.6) is 17.2 Å². The van der Waals surface area contributed by atoms with Gasteiger partial charge in [-0.05, 0) is 109 Å². The minimum absolute atomic E-state index is 0.769. The van der Waals surface area contributed by atoms with Crippen molar-refractivity contribution in [2.24, 2.45) is 17.8 Å². The van der Waals surface area contributed by atoms with Gasteiger partial charge in [0, 0.05) is 0 Å². The molecule has 0 aliphatic heterocycles. The van der Waals surface area contributed by atoms with Crippen molar-refractivity contribution in [3.05, 3.63) is 89.5 Å². The SMILES string of the molecule is CC(C)CCCCCc1ccc(OP(Oc2ccc(CCCCCC(C)C)cc2)Oc2ccc(CCCCCC(C)C)cc2)cc1. The van der Waals surface area contributed by atoms with Gasteiger partial charge in [0.15, 0.2) is 0 Å². The van der Waals surface area contributed by atoms with Crippen LogP contribution in [0.15, 0.2) is 72.8 Å². The Morgan fingerprint density at radius 2 is 0.630 bits per heavy atom. The normalized spacial score (nSPS) is 11.6. The van der Waals surface area contributed by atoms with Gasteiger partial charge in [-0.1, -0.05) is 136 Å². The summed E-state index contributed by atoms with van der Waals surface area (Å²) in [4.78, 5) is 0. The summed E-state index contributed by atoms with van der Waals surface area (Å²) < 4.78 is 19.0. The molecule has 0 aromatic heterocycles. The maximum Gasteiger partial charge on any atom is 0.530 e. The van der Waals surface area contributed by atoms with Gasteiger partial charge in [-0.25, -0.2) is 0 Å². The minimum Gasteiger partial charge on any atom is -0.409 e. The molecule has 46 heavy (non-hydrogen) atoms. The third-order valence-corrected chi connectivity index (χ3v) is 9.63. The first-order chi connectivity index (χ1) is 22.3. The van der Waals surface area contributed by atoms with Crippen molar-refractivity contribution in [3.8, 4) is 17.2 Å². The van der Waals surface area contributed by atoms with E-state index in [-0.39, 0.29) is 0 Å². The van der Waals surface area contributed by atoms with Crippen molar-refractivity contribution >= 4 is 8.60 Å². The fraction of sp³-hybridized carbons (Fsp3) is 0.571. The summed E-state index contributed by atoms with van der Waals surface area (Å²) in [6, 6.07) is 25.4. The number of unbranched alkanes of at least 4 members (excludes halogenated alkanes) is 6. The lowest BCUT2D eigenvalue weighted by Crippen LogP contribution is -2.03. The molecule has 3 nitrogen and oxygen atoms in total. The molecule has 0 unspecified atom stereocenters. The molecule has 4 heteroatoms. The van der Waals surface area contributed by atoms with E-state index in [1.807, 2.05) is 0 Å². The molecule has 0 saturated carbocycles. The first-order valence-electron chi connectivity index (χ1n) is 18.4. The highest BCUT2D eigenvalue weighted by Crippen LogP contribution is 2.42. The summed E-state index contributed by atoms with van der Waals surface area (Å²) in [5.74, 6) is 4.68. The predicted molar refractivity (Wildman–Crippen MR) is 199 cm³/mol. The lowest BCUT2D eigenvalue weighted by molar-refractivity contribution is 0.388. The average molecular weight is 647 g/mol. The van der Waals surface area contributed by atoms with Gasteiger partial charge in [-0.15, -0.1) is 0 Å². The molecule has 0 N–H and O–H groups in total. The van der Waals surface area contributed by atoms with Gasteiger partial charge in [0.1, 0.15) is 17.2 Å². The number of hydrogen-bond acceptors (Lipinski definition) is 3. The molecule has 254 valence electrons. The zero-order valence-corrected chi connectivity index (χ0v) is 30.8. The zero-order valence-electron chi connectivity index (χ0n) is 29.9. The third-order valence-electron chi connectivity index (χ3n) is 8.55. The lowest BCUT2D eigenvalue weighted by Gasteiger charge is -2.18. The first-order valence-corrected chi connectivity index (χ1v) is 19.5. The average Bonchev–Trinajstić information content (AvgIpc) is 3.02. The van der Waals surface area contributed by atoms with Crippen molar-refractivity contribution < 1.29 is 13.6 Å². The Kier molecular flexibility index (Phi) is 18.3. The van der Waals surface area contributed by atoms with Crippen LogP contribution in [0.25, 0.3) is 0 Å². The molecule has 0 bridgehead atoms. The number of rotatable bonds is 24. The van der Waals surface area contributed by atoms with Crippen LogP contribution in [0, 0.1) is 17.8 Å². The Morgan fingerprint density at radius 3 is 0.870 bits per heavy atom. The highest BCUT2D eigenvalue weighted by molar-refractivity contribution is 7.43. The van der Waals surface area contributed by atoms with Crippen LogP contribution >= 0.6 is 8.60 Å². The van der Waals surface area contributed by atoms with Crippen molar-refractivity contribution in [1.82, 2.24) is 0 Å². The monoisotopic (exact) mass is 646 g/mol. The number of hydrogen-bond donors (Lipinski definition) is 0. The number of aryl methyl sites for hydroxylation is 3. The number of benzene rings is 3. The topological polar surface area (TPSA) is 27.7 Å². The largest absolute Gasteiger partial charge is 0.530 e. The van der Waals surface area contributed by atoms with E-state index < -0.39 is 8.60 Å². The fourth-order valence-corrected chi connectivity index (χ4v) is 6.63. The molecule has 3 rings (SSSR count). The van der Waals surface area contributed by atoms with E-state index in [9.17, 15) is 0 Å². The van der Waals surface area contributed by atoms with Crippen LogP contribution in [0.1, 0.15) is 135 Å². The quantitative estimate of drug-likeness (QED) is 0.0716. The van der Waals surface area contributed by atoms with E-state index in [0.717, 1.165) is 54.3 Å². The Hall–Kier alpha value is -2.51. The summed E-state index contributed by atoms with van der Waals surface area (Å²) >= 11 is 0. The molecule has 0 radical (unpaired) electrons. The second-order valence-electron chi connectivity index (χ2n) is 14.4. The molecule has 0 fully saturated rings. The van der Waals surface area contributed by atoms with Crippen LogP contribution in [0.3, 0.4) is 0 Å². The van der Waals surface area contributed by atoms with E-state index in [0.29, 0.717) is 0 Å². The van der Waals surface area contributed by atoms with E-state index in [1.54, 1.807) is 0 Å². The molecular weight excluding hydrogens is 583 g/mol. The minimum atomic E-state index is -1.69. The molecule has 0 aliphatic carbocycles. The van der Waals surface area contributed by atoms with E-state index in [2.05, 4.69) is 114 Å². The summed E-state index contributed by atoms with van der Waals surface area (Å²) in [5, 5.41) is 0. The molecule has 0 atom stereocenters.